The minimum atomic E-state index is -0.284. The summed E-state index contributed by atoms with van der Waals surface area (Å²) in [6, 6.07) is 10.1. The van der Waals surface area contributed by atoms with Gasteiger partial charge in [-0.25, -0.2) is 4.39 Å². The Morgan fingerprint density at radius 3 is 2.76 bits per heavy atom. The van der Waals surface area contributed by atoms with E-state index in [2.05, 4.69) is 0 Å². The molecule has 0 radical (unpaired) electrons. The lowest BCUT2D eigenvalue weighted by atomic mass is 10.1. The van der Waals surface area contributed by atoms with Crippen molar-refractivity contribution in [2.75, 3.05) is 6.54 Å². The monoisotopic (exact) mass is 231 g/mol. The van der Waals surface area contributed by atoms with Crippen molar-refractivity contribution in [1.82, 2.24) is 0 Å². The molecular weight excluding hydrogens is 217 g/mol. The molecule has 17 heavy (non-hydrogen) atoms. The Bertz CT molecular complexity index is 543. The maximum Gasteiger partial charge on any atom is 0.137 e. The largest absolute Gasteiger partial charge is 0.457 e. The molecule has 0 aliphatic carbocycles. The lowest BCUT2D eigenvalue weighted by Gasteiger charge is -1.98. The van der Waals surface area contributed by atoms with Crippen LogP contribution < -0.4 is 5.73 Å². The number of furan rings is 1. The third kappa shape index (κ3) is 2.63. The van der Waals surface area contributed by atoms with Gasteiger partial charge >= 0.3 is 0 Å². The van der Waals surface area contributed by atoms with Crippen LogP contribution in [-0.4, -0.2) is 6.54 Å². The van der Waals surface area contributed by atoms with Gasteiger partial charge in [0.1, 0.15) is 17.3 Å². The molecule has 0 unspecified atom stereocenters. The molecule has 1 heterocycles. The fraction of sp³-hybridized carbons (Fsp3) is 0.143. The maximum absolute atomic E-state index is 13.5. The Morgan fingerprint density at radius 2 is 2.06 bits per heavy atom. The zero-order chi connectivity index (χ0) is 12.3. The Kier molecular flexibility index (Phi) is 3.40. The second kappa shape index (κ2) is 4.97. The van der Waals surface area contributed by atoms with Crippen LogP contribution >= 0.6 is 0 Å². The van der Waals surface area contributed by atoms with Crippen molar-refractivity contribution >= 4 is 6.08 Å². The summed E-state index contributed by atoms with van der Waals surface area (Å²) in [5.74, 6) is 0.929. The lowest BCUT2D eigenvalue weighted by Crippen LogP contribution is -1.98. The molecule has 2 rings (SSSR count). The van der Waals surface area contributed by atoms with E-state index in [1.54, 1.807) is 30.3 Å². The second-order valence-corrected chi connectivity index (χ2v) is 3.88. The van der Waals surface area contributed by atoms with Gasteiger partial charge in [-0.2, -0.15) is 0 Å². The van der Waals surface area contributed by atoms with Crippen LogP contribution in [0.25, 0.3) is 17.4 Å². The van der Waals surface area contributed by atoms with Crippen LogP contribution in [0.3, 0.4) is 0 Å². The fourth-order valence-corrected chi connectivity index (χ4v) is 1.54. The van der Waals surface area contributed by atoms with Crippen molar-refractivity contribution < 1.29 is 8.81 Å². The van der Waals surface area contributed by atoms with E-state index in [0.717, 1.165) is 5.57 Å². The van der Waals surface area contributed by atoms with Crippen LogP contribution in [0, 0.1) is 5.82 Å². The quantitative estimate of drug-likeness (QED) is 0.878. The third-order valence-corrected chi connectivity index (χ3v) is 2.48. The Morgan fingerprint density at radius 1 is 1.29 bits per heavy atom. The zero-order valence-electron chi connectivity index (χ0n) is 9.61. The average molecular weight is 231 g/mol. The number of halogens is 1. The molecule has 1 aromatic carbocycles. The smallest absolute Gasteiger partial charge is 0.137 e. The van der Waals surface area contributed by atoms with Gasteiger partial charge in [0.05, 0.1) is 5.56 Å². The minimum Gasteiger partial charge on any atom is -0.457 e. The molecule has 3 heteroatoms. The predicted molar refractivity (Wildman–Crippen MR) is 66.8 cm³/mol. The minimum absolute atomic E-state index is 0.284. The topological polar surface area (TPSA) is 39.2 Å². The first-order valence-electron chi connectivity index (χ1n) is 5.42. The van der Waals surface area contributed by atoms with Gasteiger partial charge < -0.3 is 10.2 Å². The first kappa shape index (κ1) is 11.6. The van der Waals surface area contributed by atoms with E-state index in [1.165, 1.54) is 6.07 Å². The van der Waals surface area contributed by atoms with Crippen LogP contribution in [0.5, 0.6) is 0 Å². The Balaban J connectivity index is 2.34. The standard InChI is InChI=1S/C14H14FNO/c1-10(9-16)8-11-6-7-14(17-11)12-4-2-3-5-13(12)15/h2-8H,9,16H2,1H3. The highest BCUT2D eigenvalue weighted by Crippen LogP contribution is 2.25. The highest BCUT2D eigenvalue weighted by molar-refractivity contribution is 5.60. The number of rotatable bonds is 3. The number of benzene rings is 1. The van der Waals surface area contributed by atoms with Crippen molar-refractivity contribution in [2.45, 2.75) is 6.92 Å². The maximum atomic E-state index is 13.5. The Hall–Kier alpha value is -1.87. The van der Waals surface area contributed by atoms with Crippen molar-refractivity contribution in [3.63, 3.8) is 0 Å². The van der Waals surface area contributed by atoms with E-state index in [9.17, 15) is 4.39 Å². The fourth-order valence-electron chi connectivity index (χ4n) is 1.54. The molecule has 0 spiro atoms. The van der Waals surface area contributed by atoms with E-state index in [1.807, 2.05) is 13.0 Å². The molecule has 0 saturated heterocycles. The summed E-state index contributed by atoms with van der Waals surface area (Å²) in [5.41, 5.74) is 6.98. The molecule has 1 aromatic heterocycles. The summed E-state index contributed by atoms with van der Waals surface area (Å²) >= 11 is 0. The average Bonchev–Trinajstić information content (AvgIpc) is 2.78. The van der Waals surface area contributed by atoms with Gasteiger partial charge in [0.2, 0.25) is 0 Å². The van der Waals surface area contributed by atoms with E-state index in [4.69, 9.17) is 10.2 Å². The van der Waals surface area contributed by atoms with Gasteiger partial charge in [0.25, 0.3) is 0 Å². The molecule has 0 saturated carbocycles. The second-order valence-electron chi connectivity index (χ2n) is 3.88. The first-order valence-corrected chi connectivity index (χ1v) is 5.42. The van der Waals surface area contributed by atoms with Crippen LogP contribution in [0.2, 0.25) is 0 Å². The molecule has 2 aromatic rings. The van der Waals surface area contributed by atoms with Gasteiger partial charge in [-0.15, -0.1) is 0 Å². The van der Waals surface area contributed by atoms with Gasteiger partial charge in [-0.3, -0.25) is 0 Å². The van der Waals surface area contributed by atoms with Crippen LogP contribution in [0.15, 0.2) is 46.4 Å². The van der Waals surface area contributed by atoms with Crippen molar-refractivity contribution in [1.29, 1.82) is 0 Å². The molecule has 0 aliphatic heterocycles. The van der Waals surface area contributed by atoms with Crippen molar-refractivity contribution in [3.05, 3.63) is 53.5 Å². The van der Waals surface area contributed by atoms with Gasteiger partial charge in [-0.1, -0.05) is 17.7 Å². The lowest BCUT2D eigenvalue weighted by molar-refractivity contribution is 0.560. The summed E-state index contributed by atoms with van der Waals surface area (Å²) in [4.78, 5) is 0. The molecule has 0 amide bonds. The molecule has 0 atom stereocenters. The number of nitrogens with two attached hydrogens (primary N) is 1. The molecule has 0 aliphatic rings. The summed E-state index contributed by atoms with van der Waals surface area (Å²) < 4.78 is 19.1. The van der Waals surface area contributed by atoms with Crippen molar-refractivity contribution in [3.8, 4) is 11.3 Å². The molecular formula is C14H14FNO. The van der Waals surface area contributed by atoms with E-state index >= 15 is 0 Å². The van der Waals surface area contributed by atoms with Crippen LogP contribution in [0.1, 0.15) is 12.7 Å². The van der Waals surface area contributed by atoms with Crippen LogP contribution in [-0.2, 0) is 0 Å². The molecule has 2 N–H and O–H groups in total. The van der Waals surface area contributed by atoms with Gasteiger partial charge in [-0.05, 0) is 37.3 Å². The number of hydrogen-bond donors (Lipinski definition) is 1. The normalized spacial score (nSPS) is 11.8. The third-order valence-electron chi connectivity index (χ3n) is 2.48. The summed E-state index contributed by atoms with van der Waals surface area (Å²) in [7, 11) is 0. The van der Waals surface area contributed by atoms with E-state index in [0.29, 0.717) is 23.6 Å². The van der Waals surface area contributed by atoms with E-state index < -0.39 is 0 Å². The highest BCUT2D eigenvalue weighted by atomic mass is 19.1. The summed E-state index contributed by atoms with van der Waals surface area (Å²) in [6.45, 7) is 2.40. The summed E-state index contributed by atoms with van der Waals surface area (Å²) in [5, 5.41) is 0. The van der Waals surface area contributed by atoms with Crippen molar-refractivity contribution in [2.24, 2.45) is 5.73 Å². The molecule has 2 nitrogen and oxygen atoms in total. The van der Waals surface area contributed by atoms with E-state index in [-0.39, 0.29) is 5.82 Å². The zero-order valence-corrected chi connectivity index (χ0v) is 9.61. The highest BCUT2D eigenvalue weighted by Gasteiger charge is 2.07. The molecule has 0 fully saturated rings. The van der Waals surface area contributed by atoms with Gasteiger partial charge in [0, 0.05) is 6.54 Å². The molecule has 0 bridgehead atoms. The van der Waals surface area contributed by atoms with Crippen LogP contribution in [0.4, 0.5) is 4.39 Å². The Labute approximate surface area is 99.6 Å². The predicted octanol–water partition coefficient (Wildman–Crippen LogP) is 3.45. The first-order chi connectivity index (χ1) is 8.20. The molecule has 88 valence electrons. The SMILES string of the molecule is CC(=Cc1ccc(-c2ccccc2F)o1)CN. The summed E-state index contributed by atoms with van der Waals surface area (Å²) in [6.07, 6.45) is 1.85. The number of hydrogen-bond acceptors (Lipinski definition) is 2. The van der Waals surface area contributed by atoms with Gasteiger partial charge in [0.15, 0.2) is 0 Å².